The zero-order valence-corrected chi connectivity index (χ0v) is 18.2. The molecule has 2 aromatic carbocycles. The van der Waals surface area contributed by atoms with E-state index >= 15 is 0 Å². The molecule has 4 aromatic rings. The highest BCUT2D eigenvalue weighted by Gasteiger charge is 2.17. The average Bonchev–Trinajstić information content (AvgIpc) is 3.18. The molecule has 0 unspecified atom stereocenters. The van der Waals surface area contributed by atoms with Crippen LogP contribution in [0.25, 0.3) is 5.65 Å². The molecule has 2 aromatic heterocycles. The molecule has 31 heavy (non-hydrogen) atoms. The first-order valence-electron chi connectivity index (χ1n) is 10.2. The van der Waals surface area contributed by atoms with Gasteiger partial charge >= 0.3 is 0 Å². The van der Waals surface area contributed by atoms with Crippen LogP contribution in [-0.2, 0) is 6.42 Å². The number of nitrogens with one attached hydrogen (secondary N) is 2. The molecule has 0 bridgehead atoms. The maximum Gasteiger partial charge on any atom is 0.261 e. The minimum Gasteiger partial charge on any atom is -0.378 e. The second-order valence-electron chi connectivity index (χ2n) is 7.65. The van der Waals surface area contributed by atoms with Gasteiger partial charge in [-0.1, -0.05) is 25.1 Å². The predicted octanol–water partition coefficient (Wildman–Crippen LogP) is 4.66. The van der Waals surface area contributed by atoms with Gasteiger partial charge in [0, 0.05) is 42.9 Å². The number of fused-ring (bicyclic) bond motifs is 1. The van der Waals surface area contributed by atoms with Gasteiger partial charge in [-0.25, -0.2) is 4.98 Å². The van der Waals surface area contributed by atoms with Crippen molar-refractivity contribution in [2.45, 2.75) is 20.3 Å². The highest BCUT2D eigenvalue weighted by atomic mass is 16.1. The van der Waals surface area contributed by atoms with Gasteiger partial charge in [0.2, 0.25) is 0 Å². The zero-order valence-electron chi connectivity index (χ0n) is 18.2. The second-order valence-corrected chi connectivity index (χ2v) is 7.65. The number of nitrogens with zero attached hydrogens (tertiary/aromatic N) is 4. The largest absolute Gasteiger partial charge is 0.378 e. The Kier molecular flexibility index (Phi) is 5.58. The smallest absolute Gasteiger partial charge is 0.261 e. The topological polar surface area (TPSA) is 74.6 Å². The minimum absolute atomic E-state index is 0.238. The first-order chi connectivity index (χ1) is 14.9. The van der Waals surface area contributed by atoms with Crippen LogP contribution >= 0.6 is 0 Å². The number of aryl methyl sites for hydroxylation is 2. The van der Waals surface area contributed by atoms with Crippen molar-refractivity contribution in [2.24, 2.45) is 0 Å². The van der Waals surface area contributed by atoms with Gasteiger partial charge in [0.1, 0.15) is 11.4 Å². The van der Waals surface area contributed by atoms with Crippen LogP contribution in [0.1, 0.15) is 28.5 Å². The Balaban J connectivity index is 1.64. The molecule has 0 saturated heterocycles. The number of benzene rings is 2. The fraction of sp³-hybridized carbons (Fsp3) is 0.208. The van der Waals surface area contributed by atoms with Gasteiger partial charge < -0.3 is 15.5 Å². The fourth-order valence-electron chi connectivity index (χ4n) is 3.37. The molecule has 0 aliphatic rings. The summed E-state index contributed by atoms with van der Waals surface area (Å²) in [7, 11) is 4.00. The van der Waals surface area contributed by atoms with Crippen molar-refractivity contribution in [1.82, 2.24) is 14.6 Å². The molecule has 1 amide bonds. The van der Waals surface area contributed by atoms with E-state index in [0.717, 1.165) is 35.0 Å². The van der Waals surface area contributed by atoms with E-state index in [1.54, 1.807) is 10.7 Å². The van der Waals surface area contributed by atoms with Crippen LogP contribution in [0.15, 0.2) is 60.8 Å². The number of hydrogen-bond donors (Lipinski definition) is 2. The Morgan fingerprint density at radius 1 is 1.06 bits per heavy atom. The van der Waals surface area contributed by atoms with Crippen molar-refractivity contribution in [2.75, 3.05) is 29.6 Å². The van der Waals surface area contributed by atoms with Crippen molar-refractivity contribution in [3.05, 3.63) is 77.6 Å². The van der Waals surface area contributed by atoms with Gasteiger partial charge in [0.25, 0.3) is 5.91 Å². The van der Waals surface area contributed by atoms with E-state index in [2.05, 4.69) is 33.7 Å². The van der Waals surface area contributed by atoms with Crippen LogP contribution in [0.4, 0.5) is 22.9 Å². The molecule has 0 aliphatic carbocycles. The summed E-state index contributed by atoms with van der Waals surface area (Å²) in [5, 5.41) is 10.8. The summed E-state index contributed by atoms with van der Waals surface area (Å²) in [6, 6.07) is 17.8. The zero-order chi connectivity index (χ0) is 22.0. The lowest BCUT2D eigenvalue weighted by atomic mass is 10.1. The number of carbonyl (C=O) groups is 1. The lowest BCUT2D eigenvalue weighted by Gasteiger charge is -2.15. The van der Waals surface area contributed by atoms with E-state index in [1.807, 2.05) is 74.4 Å². The van der Waals surface area contributed by atoms with Crippen molar-refractivity contribution in [3.63, 3.8) is 0 Å². The minimum atomic E-state index is -0.238. The number of hydrogen-bond acceptors (Lipinski definition) is 5. The number of rotatable bonds is 6. The monoisotopic (exact) mass is 414 g/mol. The second kappa shape index (κ2) is 8.47. The first-order valence-corrected chi connectivity index (χ1v) is 10.2. The summed E-state index contributed by atoms with van der Waals surface area (Å²) in [6.45, 7) is 4.00. The molecule has 0 radical (unpaired) electrons. The summed E-state index contributed by atoms with van der Waals surface area (Å²) in [4.78, 5) is 19.5. The molecule has 0 aliphatic heterocycles. The number of anilines is 4. The Hall–Kier alpha value is -3.87. The number of carbonyl (C=O) groups excluding carboxylic acids is 1. The Bertz CT molecular complexity index is 1230. The molecule has 7 nitrogen and oxygen atoms in total. The number of amides is 1. The van der Waals surface area contributed by atoms with Gasteiger partial charge in [-0.05, 0) is 49.2 Å². The Labute approximate surface area is 181 Å². The molecule has 2 N–H and O–H groups in total. The highest BCUT2D eigenvalue weighted by molar-refractivity contribution is 6.08. The summed E-state index contributed by atoms with van der Waals surface area (Å²) < 4.78 is 1.66. The van der Waals surface area contributed by atoms with E-state index in [9.17, 15) is 4.79 Å². The molecule has 7 heteroatoms. The van der Waals surface area contributed by atoms with Crippen LogP contribution in [0.2, 0.25) is 0 Å². The molecule has 0 fully saturated rings. The van der Waals surface area contributed by atoms with Crippen LogP contribution < -0.4 is 15.5 Å². The molecule has 4 rings (SSSR count). The fourth-order valence-corrected chi connectivity index (χ4v) is 3.37. The van der Waals surface area contributed by atoms with E-state index < -0.39 is 0 Å². The van der Waals surface area contributed by atoms with E-state index in [-0.39, 0.29) is 5.91 Å². The van der Waals surface area contributed by atoms with Gasteiger partial charge in [0.15, 0.2) is 5.65 Å². The first kappa shape index (κ1) is 20.4. The molecule has 0 atom stereocenters. The van der Waals surface area contributed by atoms with Crippen molar-refractivity contribution in [1.29, 1.82) is 0 Å². The quantitative estimate of drug-likeness (QED) is 0.480. The third-order valence-electron chi connectivity index (χ3n) is 5.10. The summed E-state index contributed by atoms with van der Waals surface area (Å²) in [5.74, 6) is 0.502. The Morgan fingerprint density at radius 2 is 1.84 bits per heavy atom. The lowest BCUT2D eigenvalue weighted by molar-refractivity contribution is 0.102. The summed E-state index contributed by atoms with van der Waals surface area (Å²) in [5.41, 5.74) is 5.70. The van der Waals surface area contributed by atoms with Gasteiger partial charge in [0.05, 0.1) is 6.20 Å². The van der Waals surface area contributed by atoms with Gasteiger partial charge in [-0.3, -0.25) is 4.79 Å². The predicted molar refractivity (Wildman–Crippen MR) is 126 cm³/mol. The van der Waals surface area contributed by atoms with Crippen molar-refractivity contribution >= 4 is 34.4 Å². The lowest BCUT2D eigenvalue weighted by Crippen LogP contribution is -2.12. The van der Waals surface area contributed by atoms with Crippen LogP contribution in [0.3, 0.4) is 0 Å². The third-order valence-corrected chi connectivity index (χ3v) is 5.10. The molecule has 2 heterocycles. The van der Waals surface area contributed by atoms with E-state index in [4.69, 9.17) is 0 Å². The van der Waals surface area contributed by atoms with Crippen molar-refractivity contribution in [3.8, 4) is 0 Å². The van der Waals surface area contributed by atoms with Crippen LogP contribution in [-0.4, -0.2) is 34.6 Å². The average molecular weight is 415 g/mol. The van der Waals surface area contributed by atoms with Crippen LogP contribution in [0.5, 0.6) is 0 Å². The SMILES string of the molecule is CCc1ccc(NC(=O)c2cnn3c(Nc4cccc(N(C)C)c4)cc(C)nc23)cc1. The van der Waals surface area contributed by atoms with E-state index in [0.29, 0.717) is 11.2 Å². The Morgan fingerprint density at radius 3 is 2.55 bits per heavy atom. The molecular formula is C24H26N6O. The maximum atomic E-state index is 12.9. The van der Waals surface area contributed by atoms with E-state index in [1.165, 1.54) is 5.56 Å². The highest BCUT2D eigenvalue weighted by Crippen LogP contribution is 2.24. The third kappa shape index (κ3) is 4.35. The van der Waals surface area contributed by atoms with Crippen LogP contribution in [0, 0.1) is 6.92 Å². The number of aromatic nitrogens is 3. The molecule has 158 valence electrons. The van der Waals surface area contributed by atoms with Crippen molar-refractivity contribution < 1.29 is 4.79 Å². The maximum absolute atomic E-state index is 12.9. The van der Waals surface area contributed by atoms with Gasteiger partial charge in [-0.15, -0.1) is 0 Å². The molecule has 0 saturated carbocycles. The summed E-state index contributed by atoms with van der Waals surface area (Å²) in [6.07, 6.45) is 2.51. The summed E-state index contributed by atoms with van der Waals surface area (Å²) >= 11 is 0. The normalized spacial score (nSPS) is 10.8. The molecule has 0 spiro atoms. The van der Waals surface area contributed by atoms with Gasteiger partial charge in [-0.2, -0.15) is 9.61 Å². The molecular weight excluding hydrogens is 388 g/mol. The standard InChI is InChI=1S/C24H26N6O/c1-5-17-9-11-18(12-10-17)28-24(31)21-15-25-30-22(13-16(2)26-23(21)30)27-19-7-6-8-20(14-19)29(3)4/h6-15,27H,5H2,1-4H3,(H,28,31).